The number of carbonyl (C=O) groups excluding carboxylic acids is 1. The minimum absolute atomic E-state index is 0.0258. The van der Waals surface area contributed by atoms with Gasteiger partial charge in [0, 0.05) is 25.3 Å². The van der Waals surface area contributed by atoms with Crippen LogP contribution in [0.5, 0.6) is 0 Å². The van der Waals surface area contributed by atoms with Crippen molar-refractivity contribution < 1.29 is 9.90 Å². The van der Waals surface area contributed by atoms with Gasteiger partial charge in [0.15, 0.2) is 0 Å². The molecule has 0 saturated carbocycles. The Hall–Kier alpha value is -1.55. The highest BCUT2D eigenvalue weighted by Crippen LogP contribution is 2.17. The molecular formula is C13H20N2O2. The van der Waals surface area contributed by atoms with Crippen LogP contribution in [-0.4, -0.2) is 42.2 Å². The summed E-state index contributed by atoms with van der Waals surface area (Å²) in [6.07, 6.45) is 0. The lowest BCUT2D eigenvalue weighted by Gasteiger charge is -2.19. The minimum Gasteiger partial charge on any atom is -0.395 e. The lowest BCUT2D eigenvalue weighted by atomic mass is 10.1. The van der Waals surface area contributed by atoms with E-state index in [0.717, 1.165) is 5.69 Å². The Bertz CT molecular complexity index is 377. The molecule has 2 N–H and O–H groups in total. The number of anilines is 1. The fourth-order valence-electron chi connectivity index (χ4n) is 1.56. The van der Waals surface area contributed by atoms with Crippen LogP contribution < -0.4 is 5.32 Å². The quantitative estimate of drug-likeness (QED) is 0.816. The molecule has 0 aliphatic rings. The van der Waals surface area contributed by atoms with Crippen LogP contribution in [0.2, 0.25) is 0 Å². The van der Waals surface area contributed by atoms with Crippen molar-refractivity contribution in [2.45, 2.75) is 19.9 Å². The molecule has 0 aliphatic heterocycles. The van der Waals surface area contributed by atoms with Crippen LogP contribution in [0.4, 0.5) is 5.69 Å². The molecule has 0 fully saturated rings. The molecule has 0 heterocycles. The van der Waals surface area contributed by atoms with Crippen LogP contribution in [0.3, 0.4) is 0 Å². The number of nitrogens with one attached hydrogen (secondary N) is 1. The number of amides is 1. The summed E-state index contributed by atoms with van der Waals surface area (Å²) in [4.78, 5) is 13.6. The predicted octanol–water partition coefficient (Wildman–Crippen LogP) is 1.57. The van der Waals surface area contributed by atoms with Gasteiger partial charge in [-0.05, 0) is 26.0 Å². The molecule has 0 atom stereocenters. The molecule has 0 spiro atoms. The van der Waals surface area contributed by atoms with Crippen LogP contribution in [-0.2, 0) is 0 Å². The maximum Gasteiger partial charge on any atom is 0.255 e. The van der Waals surface area contributed by atoms with Crippen LogP contribution >= 0.6 is 0 Å². The maximum atomic E-state index is 12.1. The summed E-state index contributed by atoms with van der Waals surface area (Å²) in [6.45, 7) is 4.37. The van der Waals surface area contributed by atoms with Crippen molar-refractivity contribution in [3.8, 4) is 0 Å². The molecule has 0 bridgehead atoms. The van der Waals surface area contributed by atoms with Gasteiger partial charge < -0.3 is 15.3 Å². The van der Waals surface area contributed by atoms with Gasteiger partial charge in [0.05, 0.1) is 12.2 Å². The third-order valence-electron chi connectivity index (χ3n) is 2.38. The van der Waals surface area contributed by atoms with Gasteiger partial charge in [0.25, 0.3) is 5.91 Å². The number of para-hydroxylation sites is 1. The van der Waals surface area contributed by atoms with Gasteiger partial charge in [-0.3, -0.25) is 4.79 Å². The number of likely N-dealkylation sites (N-methyl/N-ethyl adjacent to an activating group) is 1. The van der Waals surface area contributed by atoms with E-state index in [-0.39, 0.29) is 18.6 Å². The highest BCUT2D eigenvalue weighted by Gasteiger charge is 2.15. The van der Waals surface area contributed by atoms with Crippen molar-refractivity contribution in [3.05, 3.63) is 29.8 Å². The summed E-state index contributed by atoms with van der Waals surface area (Å²) < 4.78 is 0. The SMILES string of the molecule is CC(C)Nc1ccccc1C(=O)N(C)CCO. The first-order valence-corrected chi connectivity index (χ1v) is 5.78. The molecule has 17 heavy (non-hydrogen) atoms. The summed E-state index contributed by atoms with van der Waals surface area (Å²) in [5.41, 5.74) is 1.47. The highest BCUT2D eigenvalue weighted by atomic mass is 16.3. The molecule has 94 valence electrons. The molecule has 4 heteroatoms. The number of nitrogens with zero attached hydrogens (tertiary/aromatic N) is 1. The second-order valence-electron chi connectivity index (χ2n) is 4.29. The first-order chi connectivity index (χ1) is 8.06. The number of benzene rings is 1. The van der Waals surface area contributed by atoms with Crippen molar-refractivity contribution in [2.24, 2.45) is 0 Å². The lowest BCUT2D eigenvalue weighted by Crippen LogP contribution is -2.30. The number of aliphatic hydroxyl groups is 1. The molecule has 0 saturated heterocycles. The Balaban J connectivity index is 2.92. The van der Waals surface area contributed by atoms with Gasteiger partial charge in [-0.15, -0.1) is 0 Å². The van der Waals surface area contributed by atoms with E-state index in [1.165, 1.54) is 4.90 Å². The fraction of sp³-hybridized carbons (Fsp3) is 0.462. The maximum absolute atomic E-state index is 12.1. The molecule has 0 unspecified atom stereocenters. The van der Waals surface area contributed by atoms with Gasteiger partial charge in [-0.2, -0.15) is 0 Å². The van der Waals surface area contributed by atoms with Gasteiger partial charge in [0.1, 0.15) is 0 Å². The summed E-state index contributed by atoms with van der Waals surface area (Å²) in [6, 6.07) is 7.69. The zero-order chi connectivity index (χ0) is 12.8. The van der Waals surface area contributed by atoms with E-state index >= 15 is 0 Å². The third kappa shape index (κ3) is 3.75. The molecule has 1 amide bonds. The van der Waals surface area contributed by atoms with E-state index in [4.69, 9.17) is 5.11 Å². The van der Waals surface area contributed by atoms with Gasteiger partial charge in [0.2, 0.25) is 0 Å². The molecule has 4 nitrogen and oxygen atoms in total. The number of aliphatic hydroxyl groups excluding tert-OH is 1. The standard InChI is InChI=1S/C13H20N2O2/c1-10(2)14-12-7-5-4-6-11(12)13(17)15(3)8-9-16/h4-7,10,14,16H,8-9H2,1-3H3. The average molecular weight is 236 g/mol. The summed E-state index contributed by atoms with van der Waals surface area (Å²) >= 11 is 0. The van der Waals surface area contributed by atoms with E-state index in [1.807, 2.05) is 32.0 Å². The summed E-state index contributed by atoms with van der Waals surface area (Å²) in [7, 11) is 1.69. The molecule has 1 rings (SSSR count). The van der Waals surface area contributed by atoms with Crippen LogP contribution in [0.15, 0.2) is 24.3 Å². The van der Waals surface area contributed by atoms with Crippen molar-refractivity contribution in [1.29, 1.82) is 0 Å². The number of rotatable bonds is 5. The molecule has 0 radical (unpaired) electrons. The zero-order valence-electron chi connectivity index (χ0n) is 10.6. The predicted molar refractivity (Wildman–Crippen MR) is 69.2 cm³/mol. The first-order valence-electron chi connectivity index (χ1n) is 5.78. The average Bonchev–Trinajstić information content (AvgIpc) is 2.28. The molecular weight excluding hydrogens is 216 g/mol. The van der Waals surface area contributed by atoms with E-state index in [2.05, 4.69) is 5.32 Å². The largest absolute Gasteiger partial charge is 0.395 e. The van der Waals surface area contributed by atoms with E-state index in [9.17, 15) is 4.79 Å². The van der Waals surface area contributed by atoms with E-state index in [0.29, 0.717) is 12.1 Å². The summed E-state index contributed by atoms with van der Waals surface area (Å²) in [5, 5.41) is 12.1. The number of hydrogen-bond acceptors (Lipinski definition) is 3. The van der Waals surface area contributed by atoms with Crippen molar-refractivity contribution in [2.75, 3.05) is 25.5 Å². The van der Waals surface area contributed by atoms with Crippen LogP contribution in [0.25, 0.3) is 0 Å². The molecule has 0 aliphatic carbocycles. The minimum atomic E-state index is -0.0807. The molecule has 0 aromatic heterocycles. The monoisotopic (exact) mass is 236 g/mol. The molecule has 1 aromatic rings. The normalized spacial score (nSPS) is 10.4. The zero-order valence-corrected chi connectivity index (χ0v) is 10.6. The topological polar surface area (TPSA) is 52.6 Å². The van der Waals surface area contributed by atoms with Crippen LogP contribution in [0.1, 0.15) is 24.2 Å². The van der Waals surface area contributed by atoms with Gasteiger partial charge >= 0.3 is 0 Å². The Kier molecular flexibility index (Phi) is 4.97. The number of hydrogen-bond donors (Lipinski definition) is 2. The molecule has 1 aromatic carbocycles. The van der Waals surface area contributed by atoms with Crippen molar-refractivity contribution >= 4 is 11.6 Å². The van der Waals surface area contributed by atoms with Gasteiger partial charge in [-0.1, -0.05) is 12.1 Å². The number of carbonyl (C=O) groups is 1. The smallest absolute Gasteiger partial charge is 0.255 e. The van der Waals surface area contributed by atoms with Crippen molar-refractivity contribution in [1.82, 2.24) is 4.90 Å². The van der Waals surface area contributed by atoms with Crippen molar-refractivity contribution in [3.63, 3.8) is 0 Å². The first kappa shape index (κ1) is 13.5. The lowest BCUT2D eigenvalue weighted by molar-refractivity contribution is 0.0768. The second kappa shape index (κ2) is 6.25. The Labute approximate surface area is 102 Å². The van der Waals surface area contributed by atoms with E-state index < -0.39 is 0 Å². The second-order valence-corrected chi connectivity index (χ2v) is 4.29. The highest BCUT2D eigenvalue weighted by molar-refractivity contribution is 5.99. The fourth-order valence-corrected chi connectivity index (χ4v) is 1.56. The Morgan fingerprint density at radius 3 is 2.65 bits per heavy atom. The summed E-state index contributed by atoms with van der Waals surface area (Å²) in [5.74, 6) is -0.0807. The van der Waals surface area contributed by atoms with Gasteiger partial charge in [-0.25, -0.2) is 0 Å². The van der Waals surface area contributed by atoms with Crippen LogP contribution in [0, 0.1) is 0 Å². The third-order valence-corrected chi connectivity index (χ3v) is 2.38. The van der Waals surface area contributed by atoms with E-state index in [1.54, 1.807) is 13.1 Å². The Morgan fingerprint density at radius 1 is 1.41 bits per heavy atom. The Morgan fingerprint density at radius 2 is 2.06 bits per heavy atom.